The second-order valence-corrected chi connectivity index (χ2v) is 7.85. The highest BCUT2D eigenvalue weighted by molar-refractivity contribution is 5.84. The number of aryl methyl sites for hydroxylation is 1. The molecule has 2 aromatic rings. The van der Waals surface area contributed by atoms with Gasteiger partial charge in [-0.1, -0.05) is 37.5 Å². The molecule has 4 heteroatoms. The van der Waals surface area contributed by atoms with Crippen molar-refractivity contribution < 1.29 is 5.11 Å². The van der Waals surface area contributed by atoms with Crippen molar-refractivity contribution in [2.75, 3.05) is 32.7 Å². The zero-order valence-electron chi connectivity index (χ0n) is 15.4. The van der Waals surface area contributed by atoms with E-state index in [1.807, 2.05) is 6.07 Å². The maximum Gasteiger partial charge on any atom is 0.0940 e. The van der Waals surface area contributed by atoms with Gasteiger partial charge < -0.3 is 10.1 Å². The molecule has 0 spiro atoms. The highest BCUT2D eigenvalue weighted by Gasteiger charge is 2.27. The normalized spacial score (nSPS) is 22.5. The third-order valence-corrected chi connectivity index (χ3v) is 6.21. The number of aliphatic hydroxyl groups is 1. The topological polar surface area (TPSA) is 42.5 Å². The standard InChI is InChI=1S/C21H31N3O/c1-16-21(18-9-5-6-10-19(18)22-16)20(25)15-23-11-13-24(14-12-23)17-7-3-2-4-8-17/h5-6,9-10,17,20,22,25H,2-4,7-8,11-15H2,1H3. The Morgan fingerprint density at radius 3 is 2.56 bits per heavy atom. The van der Waals surface area contributed by atoms with Crippen LogP contribution in [0.3, 0.4) is 0 Å². The van der Waals surface area contributed by atoms with E-state index in [2.05, 4.69) is 39.9 Å². The van der Waals surface area contributed by atoms with Crippen LogP contribution in [0.2, 0.25) is 0 Å². The van der Waals surface area contributed by atoms with Gasteiger partial charge in [-0.15, -0.1) is 0 Å². The number of nitrogens with one attached hydrogen (secondary N) is 1. The minimum absolute atomic E-state index is 0.419. The molecule has 0 amide bonds. The van der Waals surface area contributed by atoms with Crippen LogP contribution in [-0.2, 0) is 0 Å². The third kappa shape index (κ3) is 3.62. The number of β-amino-alcohol motifs (C(OH)–C–C–N with tert-alkyl or cyclic N) is 1. The predicted molar refractivity (Wildman–Crippen MR) is 103 cm³/mol. The van der Waals surface area contributed by atoms with E-state index in [0.29, 0.717) is 0 Å². The summed E-state index contributed by atoms with van der Waals surface area (Å²) in [5.41, 5.74) is 3.29. The molecule has 1 saturated carbocycles. The van der Waals surface area contributed by atoms with Gasteiger partial charge in [0.2, 0.25) is 0 Å². The molecule has 1 aliphatic carbocycles. The van der Waals surface area contributed by atoms with E-state index in [9.17, 15) is 5.11 Å². The van der Waals surface area contributed by atoms with Crippen molar-refractivity contribution >= 4 is 10.9 Å². The number of aromatic amines is 1. The molecule has 0 radical (unpaired) electrons. The highest BCUT2D eigenvalue weighted by Crippen LogP contribution is 2.29. The Bertz CT molecular complexity index is 696. The predicted octanol–water partition coefficient (Wildman–Crippen LogP) is 3.46. The van der Waals surface area contributed by atoms with Gasteiger partial charge in [-0.2, -0.15) is 0 Å². The molecule has 1 saturated heterocycles. The molecule has 136 valence electrons. The molecule has 1 atom stereocenters. The van der Waals surface area contributed by atoms with Crippen LogP contribution >= 0.6 is 0 Å². The zero-order valence-corrected chi connectivity index (χ0v) is 15.4. The summed E-state index contributed by atoms with van der Waals surface area (Å²) >= 11 is 0. The average Bonchev–Trinajstić information content (AvgIpc) is 2.99. The Morgan fingerprint density at radius 2 is 1.80 bits per heavy atom. The SMILES string of the molecule is Cc1[nH]c2ccccc2c1C(O)CN1CCN(C2CCCCC2)CC1. The molecule has 2 fully saturated rings. The fraction of sp³-hybridized carbons (Fsp3) is 0.619. The van der Waals surface area contributed by atoms with Gasteiger partial charge in [-0.3, -0.25) is 9.80 Å². The number of rotatable bonds is 4. The van der Waals surface area contributed by atoms with E-state index in [1.165, 1.54) is 32.1 Å². The first kappa shape index (κ1) is 17.1. The Morgan fingerprint density at radius 1 is 1.08 bits per heavy atom. The summed E-state index contributed by atoms with van der Waals surface area (Å²) in [7, 11) is 0. The molecule has 1 aromatic heterocycles. The number of piperazine rings is 1. The van der Waals surface area contributed by atoms with Crippen molar-refractivity contribution in [3.8, 4) is 0 Å². The molecule has 1 unspecified atom stereocenters. The van der Waals surface area contributed by atoms with Gasteiger partial charge in [-0.25, -0.2) is 0 Å². The fourth-order valence-electron chi connectivity index (χ4n) is 4.82. The van der Waals surface area contributed by atoms with E-state index in [0.717, 1.165) is 60.9 Å². The van der Waals surface area contributed by atoms with Crippen LogP contribution < -0.4 is 0 Å². The maximum atomic E-state index is 10.9. The van der Waals surface area contributed by atoms with Crippen LogP contribution in [0.5, 0.6) is 0 Å². The van der Waals surface area contributed by atoms with Crippen molar-refractivity contribution in [1.82, 2.24) is 14.8 Å². The number of hydrogen-bond acceptors (Lipinski definition) is 3. The summed E-state index contributed by atoms with van der Waals surface area (Å²) in [5.74, 6) is 0. The summed E-state index contributed by atoms with van der Waals surface area (Å²) in [6.45, 7) is 7.28. The second kappa shape index (κ2) is 7.48. The van der Waals surface area contributed by atoms with Crippen molar-refractivity contribution in [1.29, 1.82) is 0 Å². The quantitative estimate of drug-likeness (QED) is 0.895. The van der Waals surface area contributed by atoms with Crippen molar-refractivity contribution in [2.24, 2.45) is 0 Å². The zero-order chi connectivity index (χ0) is 17.2. The Labute approximate surface area is 150 Å². The number of nitrogens with zero attached hydrogens (tertiary/aromatic N) is 2. The number of hydrogen-bond donors (Lipinski definition) is 2. The van der Waals surface area contributed by atoms with Crippen LogP contribution in [0.4, 0.5) is 0 Å². The number of aromatic nitrogens is 1. The third-order valence-electron chi connectivity index (χ3n) is 6.21. The lowest BCUT2D eigenvalue weighted by atomic mass is 9.94. The molecular formula is C21H31N3O. The molecule has 0 bridgehead atoms. The molecule has 1 aliphatic heterocycles. The Hall–Kier alpha value is -1.36. The number of fused-ring (bicyclic) bond motifs is 1. The van der Waals surface area contributed by atoms with E-state index in [1.54, 1.807) is 0 Å². The van der Waals surface area contributed by atoms with Crippen molar-refractivity contribution in [2.45, 2.75) is 51.2 Å². The van der Waals surface area contributed by atoms with Crippen LogP contribution in [0.15, 0.2) is 24.3 Å². The fourth-order valence-corrected chi connectivity index (χ4v) is 4.82. The van der Waals surface area contributed by atoms with Crippen LogP contribution in [0.25, 0.3) is 10.9 Å². The Balaban J connectivity index is 1.37. The van der Waals surface area contributed by atoms with Crippen LogP contribution in [-0.4, -0.2) is 58.7 Å². The molecular weight excluding hydrogens is 310 g/mol. The van der Waals surface area contributed by atoms with Crippen LogP contribution in [0, 0.1) is 6.92 Å². The number of benzene rings is 1. The summed E-state index contributed by atoms with van der Waals surface area (Å²) in [6, 6.07) is 9.10. The minimum atomic E-state index is -0.419. The lowest BCUT2D eigenvalue weighted by Gasteiger charge is -2.41. The van der Waals surface area contributed by atoms with Gasteiger partial charge in [0.15, 0.2) is 0 Å². The molecule has 1 aromatic carbocycles. The monoisotopic (exact) mass is 341 g/mol. The largest absolute Gasteiger partial charge is 0.387 e. The van der Waals surface area contributed by atoms with E-state index in [-0.39, 0.29) is 0 Å². The van der Waals surface area contributed by atoms with Gasteiger partial charge >= 0.3 is 0 Å². The lowest BCUT2D eigenvalue weighted by molar-refractivity contribution is 0.0477. The lowest BCUT2D eigenvalue weighted by Crippen LogP contribution is -2.51. The first-order valence-corrected chi connectivity index (χ1v) is 9.94. The summed E-state index contributed by atoms with van der Waals surface area (Å²) < 4.78 is 0. The van der Waals surface area contributed by atoms with E-state index < -0.39 is 6.10 Å². The van der Waals surface area contributed by atoms with Crippen molar-refractivity contribution in [3.05, 3.63) is 35.5 Å². The molecule has 2 aliphatic rings. The van der Waals surface area contributed by atoms with Gasteiger partial charge in [0, 0.05) is 60.9 Å². The summed E-state index contributed by atoms with van der Waals surface area (Å²) in [5, 5.41) is 12.0. The number of para-hydroxylation sites is 1. The van der Waals surface area contributed by atoms with Gasteiger partial charge in [0.25, 0.3) is 0 Å². The minimum Gasteiger partial charge on any atom is -0.387 e. The van der Waals surface area contributed by atoms with E-state index in [4.69, 9.17) is 0 Å². The molecule has 25 heavy (non-hydrogen) atoms. The maximum absolute atomic E-state index is 10.9. The second-order valence-electron chi connectivity index (χ2n) is 7.85. The number of aliphatic hydroxyl groups excluding tert-OH is 1. The number of H-pyrrole nitrogens is 1. The molecule has 2 heterocycles. The van der Waals surface area contributed by atoms with Crippen molar-refractivity contribution in [3.63, 3.8) is 0 Å². The average molecular weight is 341 g/mol. The van der Waals surface area contributed by atoms with Gasteiger partial charge in [0.05, 0.1) is 6.10 Å². The molecule has 2 N–H and O–H groups in total. The van der Waals surface area contributed by atoms with E-state index >= 15 is 0 Å². The summed E-state index contributed by atoms with van der Waals surface area (Å²) in [4.78, 5) is 8.54. The molecule has 4 rings (SSSR count). The molecule has 4 nitrogen and oxygen atoms in total. The Kier molecular flexibility index (Phi) is 5.11. The smallest absolute Gasteiger partial charge is 0.0940 e. The van der Waals surface area contributed by atoms with Crippen LogP contribution in [0.1, 0.15) is 49.5 Å². The highest BCUT2D eigenvalue weighted by atomic mass is 16.3. The first-order valence-electron chi connectivity index (χ1n) is 9.94. The summed E-state index contributed by atoms with van der Waals surface area (Å²) in [6.07, 6.45) is 6.59. The van der Waals surface area contributed by atoms with Gasteiger partial charge in [0.1, 0.15) is 0 Å². The van der Waals surface area contributed by atoms with Gasteiger partial charge in [-0.05, 0) is 25.8 Å². The first-order chi connectivity index (χ1) is 12.2.